The summed E-state index contributed by atoms with van der Waals surface area (Å²) in [6, 6.07) is 20.7. The van der Waals surface area contributed by atoms with Crippen LogP contribution in [0.2, 0.25) is 0 Å². The van der Waals surface area contributed by atoms with Gasteiger partial charge in [-0.3, -0.25) is 0 Å². The van der Waals surface area contributed by atoms with Gasteiger partial charge in [-0.15, -0.1) is 0 Å². The SMILES string of the molecule is CC(O)CCCCC(CCCCCCCCCCC(=O)[O-])OCc1ccccc1.CC(O)CCCCC(CCCCCCCCCCC(=O)[O-])OCc1ccccc1.[Ba+2]. The standard InChI is InChI=1S/2C25H42O4.Ba/c2*1-22(26)15-13-14-19-24(29-21-23-16-9-8-10-17-23)18-11-6-4-2-3-5-7-12-20-25(27)28;/h2*8-10,16-17,22,24,26H,2-7,11-15,18-21H2,1H3,(H,27,28);/q;;+2/p-2. The molecule has 0 radical (unpaired) electrons. The third-order valence-corrected chi connectivity index (χ3v) is 10.8. The first-order valence-corrected chi connectivity index (χ1v) is 23.2. The maximum Gasteiger partial charge on any atom is 2.00 e. The van der Waals surface area contributed by atoms with Crippen molar-refractivity contribution in [3.05, 3.63) is 71.8 Å². The molecule has 0 heterocycles. The normalized spacial score (nSPS) is 13.1. The summed E-state index contributed by atoms with van der Waals surface area (Å²) >= 11 is 0. The van der Waals surface area contributed by atoms with Crippen molar-refractivity contribution in [2.24, 2.45) is 0 Å². The zero-order valence-electron chi connectivity index (χ0n) is 37.3. The van der Waals surface area contributed by atoms with Gasteiger partial charge in [-0.2, -0.15) is 0 Å². The molecule has 9 heteroatoms. The van der Waals surface area contributed by atoms with Crippen LogP contribution in [0.25, 0.3) is 0 Å². The van der Waals surface area contributed by atoms with Crippen LogP contribution >= 0.6 is 0 Å². The maximum absolute atomic E-state index is 10.4. The van der Waals surface area contributed by atoms with E-state index in [4.69, 9.17) is 9.47 Å². The van der Waals surface area contributed by atoms with Crippen LogP contribution in [0.3, 0.4) is 0 Å². The maximum atomic E-state index is 10.4. The van der Waals surface area contributed by atoms with E-state index in [-0.39, 0.29) is 73.9 Å². The molecule has 2 rings (SSSR count). The van der Waals surface area contributed by atoms with E-state index >= 15 is 0 Å². The largest absolute Gasteiger partial charge is 2.00 e. The van der Waals surface area contributed by atoms with Gasteiger partial charge in [0.15, 0.2) is 0 Å². The number of aliphatic hydroxyl groups excluding tert-OH is 2. The number of hydrogen-bond acceptors (Lipinski definition) is 8. The van der Waals surface area contributed by atoms with E-state index in [0.29, 0.717) is 25.4 Å². The molecule has 2 aromatic rings. The first-order valence-electron chi connectivity index (χ1n) is 23.2. The van der Waals surface area contributed by atoms with Crippen molar-refractivity contribution in [2.45, 2.75) is 231 Å². The quantitative estimate of drug-likeness (QED) is 0.0501. The summed E-state index contributed by atoms with van der Waals surface area (Å²) < 4.78 is 12.4. The van der Waals surface area contributed by atoms with Gasteiger partial charge >= 0.3 is 48.9 Å². The van der Waals surface area contributed by atoms with Gasteiger partial charge in [-0.1, -0.05) is 176 Å². The number of benzene rings is 2. The minimum atomic E-state index is -0.931. The molecule has 2 N–H and O–H groups in total. The summed E-state index contributed by atoms with van der Waals surface area (Å²) in [7, 11) is 0. The van der Waals surface area contributed by atoms with Crippen LogP contribution in [0.5, 0.6) is 0 Å². The van der Waals surface area contributed by atoms with E-state index in [9.17, 15) is 30.0 Å². The van der Waals surface area contributed by atoms with Gasteiger partial charge in [0.2, 0.25) is 0 Å². The number of carbonyl (C=O) groups excluding carboxylic acids is 2. The Morgan fingerprint density at radius 3 is 0.983 bits per heavy atom. The first-order chi connectivity index (χ1) is 28.2. The van der Waals surface area contributed by atoms with E-state index in [1.165, 1.54) is 75.3 Å². The zero-order valence-corrected chi connectivity index (χ0v) is 41.8. The van der Waals surface area contributed by atoms with E-state index in [1.54, 1.807) is 0 Å². The number of carboxylic acid groups (broad SMARTS) is 2. The summed E-state index contributed by atoms with van der Waals surface area (Å²) in [6.07, 6.45) is 28.9. The number of carboxylic acids is 2. The van der Waals surface area contributed by atoms with E-state index in [0.717, 1.165) is 103 Å². The molecule has 0 aliphatic carbocycles. The molecular formula is C50H82BaO8. The number of hydrogen-bond donors (Lipinski definition) is 2. The fourth-order valence-electron chi connectivity index (χ4n) is 7.23. The van der Waals surface area contributed by atoms with Gasteiger partial charge < -0.3 is 39.5 Å². The van der Waals surface area contributed by atoms with Gasteiger partial charge in [0.05, 0.1) is 37.6 Å². The Hall–Kier alpha value is -1.21. The Balaban J connectivity index is 0.00000112. The molecule has 0 aliphatic rings. The second kappa shape index (κ2) is 42.1. The molecule has 0 amide bonds. The van der Waals surface area contributed by atoms with Crippen molar-refractivity contribution >= 4 is 60.8 Å². The fourth-order valence-corrected chi connectivity index (χ4v) is 7.23. The Labute approximate surface area is 400 Å². The van der Waals surface area contributed by atoms with E-state index in [2.05, 4.69) is 48.5 Å². The molecule has 0 aliphatic heterocycles. The minimum Gasteiger partial charge on any atom is -0.550 e. The van der Waals surface area contributed by atoms with Crippen molar-refractivity contribution in [2.75, 3.05) is 0 Å². The van der Waals surface area contributed by atoms with Gasteiger partial charge in [0.25, 0.3) is 0 Å². The molecule has 2 aromatic carbocycles. The molecule has 8 nitrogen and oxygen atoms in total. The summed E-state index contributed by atoms with van der Waals surface area (Å²) in [5.41, 5.74) is 2.44. The van der Waals surface area contributed by atoms with Crippen molar-refractivity contribution < 1.29 is 39.5 Å². The molecule has 59 heavy (non-hydrogen) atoms. The van der Waals surface area contributed by atoms with Crippen LogP contribution in [0, 0.1) is 0 Å². The van der Waals surface area contributed by atoms with E-state index in [1.807, 2.05) is 26.0 Å². The van der Waals surface area contributed by atoms with Crippen molar-refractivity contribution in [3.63, 3.8) is 0 Å². The molecule has 332 valence electrons. The summed E-state index contributed by atoms with van der Waals surface area (Å²) in [4.78, 5) is 20.7. The van der Waals surface area contributed by atoms with Gasteiger partial charge in [-0.05, 0) is 89.2 Å². The average molecular weight is 949 g/mol. The number of aliphatic carboxylic acids is 2. The summed E-state index contributed by atoms with van der Waals surface area (Å²) in [5, 5.41) is 39.6. The van der Waals surface area contributed by atoms with Crippen LogP contribution in [0.15, 0.2) is 60.7 Å². The predicted octanol–water partition coefficient (Wildman–Crippen LogP) is 9.95. The second-order valence-electron chi connectivity index (χ2n) is 16.6. The molecule has 0 saturated carbocycles. The molecule has 0 saturated heterocycles. The van der Waals surface area contributed by atoms with Crippen LogP contribution in [0.4, 0.5) is 0 Å². The van der Waals surface area contributed by atoms with Crippen molar-refractivity contribution in [3.8, 4) is 0 Å². The molecule has 4 unspecified atom stereocenters. The minimum absolute atomic E-state index is 0. The fraction of sp³-hybridized carbons (Fsp3) is 0.720. The predicted molar refractivity (Wildman–Crippen MR) is 238 cm³/mol. The zero-order chi connectivity index (χ0) is 42.3. The first kappa shape index (κ1) is 57.8. The molecule has 0 spiro atoms. The molecule has 0 aromatic heterocycles. The van der Waals surface area contributed by atoms with Gasteiger partial charge in [0.1, 0.15) is 0 Å². The van der Waals surface area contributed by atoms with Crippen molar-refractivity contribution in [1.82, 2.24) is 0 Å². The van der Waals surface area contributed by atoms with Crippen LogP contribution < -0.4 is 10.2 Å². The Bertz CT molecular complexity index is 1100. The Morgan fingerprint density at radius 2 is 0.695 bits per heavy atom. The Morgan fingerprint density at radius 1 is 0.441 bits per heavy atom. The van der Waals surface area contributed by atoms with Gasteiger partial charge in [-0.25, -0.2) is 0 Å². The van der Waals surface area contributed by atoms with Crippen LogP contribution in [-0.2, 0) is 32.3 Å². The summed E-state index contributed by atoms with van der Waals surface area (Å²) in [6.45, 7) is 5.06. The molecule has 4 atom stereocenters. The van der Waals surface area contributed by atoms with Crippen LogP contribution in [0.1, 0.15) is 205 Å². The topological polar surface area (TPSA) is 139 Å². The van der Waals surface area contributed by atoms with E-state index < -0.39 is 11.9 Å². The van der Waals surface area contributed by atoms with Crippen molar-refractivity contribution in [1.29, 1.82) is 0 Å². The smallest absolute Gasteiger partial charge is 0.550 e. The second-order valence-corrected chi connectivity index (χ2v) is 16.6. The van der Waals surface area contributed by atoms with Crippen LogP contribution in [-0.4, -0.2) is 95.4 Å². The molecule has 0 bridgehead atoms. The number of aliphatic hydroxyl groups is 2. The molecule has 0 fully saturated rings. The third kappa shape index (κ3) is 40.6. The number of rotatable bonds is 38. The van der Waals surface area contributed by atoms with Gasteiger partial charge in [0, 0.05) is 11.9 Å². The number of ether oxygens (including phenoxy) is 2. The monoisotopic (exact) mass is 949 g/mol. The summed E-state index contributed by atoms with van der Waals surface area (Å²) in [5.74, 6) is -1.86. The number of unbranched alkanes of at least 4 members (excludes halogenated alkanes) is 16. The number of carbonyl (C=O) groups is 2. The molecular weight excluding hydrogens is 866 g/mol. The third-order valence-electron chi connectivity index (χ3n) is 10.8. The average Bonchev–Trinajstić information content (AvgIpc) is 3.20. The Kier molecular flexibility index (Phi) is 41.2.